The fourth-order valence-electron chi connectivity index (χ4n) is 1.24. The van der Waals surface area contributed by atoms with Gasteiger partial charge in [-0.05, 0) is 30.7 Å². The lowest BCUT2D eigenvalue weighted by atomic mass is 10.2. The van der Waals surface area contributed by atoms with Gasteiger partial charge in [0.15, 0.2) is 0 Å². The molecule has 1 aromatic rings. The van der Waals surface area contributed by atoms with Crippen LogP contribution in [0.3, 0.4) is 0 Å². The Morgan fingerprint density at radius 2 is 2.00 bits per heavy atom. The Hall–Kier alpha value is -2.24. The van der Waals surface area contributed by atoms with Gasteiger partial charge in [0, 0.05) is 18.5 Å². The number of benzene rings is 1. The second kappa shape index (κ2) is 6.37. The van der Waals surface area contributed by atoms with Crippen molar-refractivity contribution in [2.45, 2.75) is 12.8 Å². The number of hydrogen-bond donors (Lipinski definition) is 4. The zero-order valence-electron chi connectivity index (χ0n) is 9.26. The lowest BCUT2D eigenvalue weighted by Gasteiger charge is -2.04. The van der Waals surface area contributed by atoms with Gasteiger partial charge in [-0.1, -0.05) is 5.16 Å². The first-order valence-corrected chi connectivity index (χ1v) is 5.17. The third-order valence-corrected chi connectivity index (χ3v) is 2.15. The van der Waals surface area contributed by atoms with Crippen molar-refractivity contribution in [1.29, 1.82) is 0 Å². The van der Waals surface area contributed by atoms with Gasteiger partial charge < -0.3 is 21.4 Å². The highest BCUT2D eigenvalue weighted by molar-refractivity contribution is 5.94. The molecule has 0 aliphatic carbocycles. The van der Waals surface area contributed by atoms with Gasteiger partial charge in [-0.15, -0.1) is 0 Å². The van der Waals surface area contributed by atoms with Crippen molar-refractivity contribution in [1.82, 2.24) is 5.32 Å². The zero-order chi connectivity index (χ0) is 12.7. The third-order valence-electron chi connectivity index (χ3n) is 2.15. The minimum atomic E-state index is -0.218. The number of nitrogens with one attached hydrogen (secondary N) is 1. The molecule has 1 amide bonds. The fourth-order valence-corrected chi connectivity index (χ4v) is 1.24. The molecule has 0 bridgehead atoms. The van der Waals surface area contributed by atoms with E-state index in [9.17, 15) is 4.79 Å². The second-order valence-electron chi connectivity index (χ2n) is 3.50. The Kier molecular flexibility index (Phi) is 4.80. The number of phenols is 1. The summed E-state index contributed by atoms with van der Waals surface area (Å²) in [4.78, 5) is 11.6. The summed E-state index contributed by atoms with van der Waals surface area (Å²) in [6.45, 7) is 0.440. The lowest BCUT2D eigenvalue weighted by Crippen LogP contribution is -2.25. The van der Waals surface area contributed by atoms with E-state index in [4.69, 9.17) is 16.0 Å². The van der Waals surface area contributed by atoms with E-state index in [1.807, 2.05) is 0 Å². The van der Waals surface area contributed by atoms with E-state index in [-0.39, 0.29) is 17.5 Å². The number of oxime groups is 1. The zero-order valence-corrected chi connectivity index (χ0v) is 9.26. The van der Waals surface area contributed by atoms with Crippen molar-refractivity contribution in [3.8, 4) is 5.75 Å². The van der Waals surface area contributed by atoms with E-state index in [0.717, 1.165) is 0 Å². The van der Waals surface area contributed by atoms with Gasteiger partial charge in [0.2, 0.25) is 0 Å². The van der Waals surface area contributed by atoms with E-state index < -0.39 is 0 Å². The molecule has 6 nitrogen and oxygen atoms in total. The Morgan fingerprint density at radius 3 is 2.59 bits per heavy atom. The van der Waals surface area contributed by atoms with Crippen molar-refractivity contribution in [3.05, 3.63) is 29.8 Å². The number of amidine groups is 1. The summed E-state index contributed by atoms with van der Waals surface area (Å²) < 4.78 is 0. The number of amides is 1. The van der Waals surface area contributed by atoms with Crippen LogP contribution >= 0.6 is 0 Å². The molecule has 0 fully saturated rings. The molecular weight excluding hydrogens is 222 g/mol. The summed E-state index contributed by atoms with van der Waals surface area (Å²) in [5, 5.41) is 22.9. The molecule has 0 heterocycles. The van der Waals surface area contributed by atoms with Crippen molar-refractivity contribution in [3.63, 3.8) is 0 Å². The highest BCUT2D eigenvalue weighted by atomic mass is 16.4. The van der Waals surface area contributed by atoms with Crippen LogP contribution < -0.4 is 11.1 Å². The van der Waals surface area contributed by atoms with Crippen LogP contribution in [0.4, 0.5) is 0 Å². The smallest absolute Gasteiger partial charge is 0.251 e. The van der Waals surface area contributed by atoms with Crippen molar-refractivity contribution in [2.75, 3.05) is 6.54 Å². The largest absolute Gasteiger partial charge is 0.508 e. The van der Waals surface area contributed by atoms with Gasteiger partial charge in [0.1, 0.15) is 11.6 Å². The lowest BCUT2D eigenvalue weighted by molar-refractivity contribution is 0.0953. The molecule has 1 aromatic carbocycles. The molecule has 0 atom stereocenters. The predicted octanol–water partition coefficient (Wildman–Crippen LogP) is 0.649. The molecular formula is C11H15N3O3. The normalized spacial score (nSPS) is 11.2. The van der Waals surface area contributed by atoms with Crippen LogP contribution in [-0.4, -0.2) is 28.6 Å². The van der Waals surface area contributed by atoms with E-state index in [0.29, 0.717) is 24.9 Å². The summed E-state index contributed by atoms with van der Waals surface area (Å²) in [5.41, 5.74) is 5.76. The number of carbonyl (C=O) groups excluding carboxylic acids is 1. The van der Waals surface area contributed by atoms with Crippen LogP contribution in [0.5, 0.6) is 5.75 Å². The van der Waals surface area contributed by atoms with E-state index in [2.05, 4.69) is 10.5 Å². The summed E-state index contributed by atoms with van der Waals surface area (Å²) in [6, 6.07) is 5.97. The summed E-state index contributed by atoms with van der Waals surface area (Å²) in [6.07, 6.45) is 1.02. The Balaban J connectivity index is 2.33. The molecule has 0 radical (unpaired) electrons. The average molecular weight is 237 g/mol. The van der Waals surface area contributed by atoms with Gasteiger partial charge >= 0.3 is 0 Å². The molecule has 0 unspecified atom stereocenters. The Morgan fingerprint density at radius 1 is 1.35 bits per heavy atom. The number of carbonyl (C=O) groups is 1. The van der Waals surface area contributed by atoms with Crippen molar-refractivity contribution < 1.29 is 15.1 Å². The summed E-state index contributed by atoms with van der Waals surface area (Å²) in [7, 11) is 0. The average Bonchev–Trinajstić information content (AvgIpc) is 2.34. The number of phenolic OH excluding ortho intramolecular Hbond substituents is 1. The van der Waals surface area contributed by atoms with Crippen molar-refractivity contribution >= 4 is 11.7 Å². The highest BCUT2D eigenvalue weighted by Gasteiger charge is 2.04. The van der Waals surface area contributed by atoms with Crippen LogP contribution in [-0.2, 0) is 0 Å². The molecule has 17 heavy (non-hydrogen) atoms. The van der Waals surface area contributed by atoms with Crippen LogP contribution in [0.2, 0.25) is 0 Å². The predicted molar refractivity (Wildman–Crippen MR) is 63.1 cm³/mol. The maximum atomic E-state index is 11.6. The van der Waals surface area contributed by atoms with Crippen LogP contribution in [0.15, 0.2) is 29.4 Å². The molecule has 0 saturated carbocycles. The maximum absolute atomic E-state index is 11.6. The first-order valence-electron chi connectivity index (χ1n) is 5.17. The molecule has 0 spiro atoms. The number of nitrogens with two attached hydrogens (primary N) is 1. The van der Waals surface area contributed by atoms with Gasteiger partial charge in [-0.25, -0.2) is 0 Å². The minimum absolute atomic E-state index is 0.119. The van der Waals surface area contributed by atoms with Gasteiger partial charge in [-0.2, -0.15) is 0 Å². The number of rotatable bonds is 5. The quantitative estimate of drug-likeness (QED) is 0.198. The molecule has 92 valence electrons. The molecule has 0 saturated heterocycles. The Labute approximate surface area is 98.7 Å². The van der Waals surface area contributed by atoms with E-state index in [1.165, 1.54) is 24.3 Å². The number of nitrogens with zero attached hydrogens (tertiary/aromatic N) is 1. The molecule has 5 N–H and O–H groups in total. The Bertz CT molecular complexity index is 401. The topological polar surface area (TPSA) is 108 Å². The van der Waals surface area contributed by atoms with Gasteiger partial charge in [0.05, 0.1) is 0 Å². The molecule has 0 aromatic heterocycles. The van der Waals surface area contributed by atoms with Crippen molar-refractivity contribution in [2.24, 2.45) is 10.9 Å². The third kappa shape index (κ3) is 4.42. The molecule has 0 aliphatic heterocycles. The van der Waals surface area contributed by atoms with Gasteiger partial charge in [0.25, 0.3) is 5.91 Å². The van der Waals surface area contributed by atoms with E-state index in [1.54, 1.807) is 0 Å². The fraction of sp³-hybridized carbons (Fsp3) is 0.273. The first-order chi connectivity index (χ1) is 8.13. The van der Waals surface area contributed by atoms with Crippen LogP contribution in [0.25, 0.3) is 0 Å². The summed E-state index contributed by atoms with van der Waals surface area (Å²) in [5.74, 6) is 0.0434. The van der Waals surface area contributed by atoms with Crippen LogP contribution in [0.1, 0.15) is 23.2 Å². The number of aromatic hydroxyl groups is 1. The molecule has 1 rings (SSSR count). The van der Waals surface area contributed by atoms with E-state index >= 15 is 0 Å². The SMILES string of the molecule is NC(CCCNC(=O)c1ccc(O)cc1)=NO. The van der Waals surface area contributed by atoms with Crippen LogP contribution in [0, 0.1) is 0 Å². The van der Waals surface area contributed by atoms with Gasteiger partial charge in [-0.3, -0.25) is 4.79 Å². The minimum Gasteiger partial charge on any atom is -0.508 e. The summed E-state index contributed by atoms with van der Waals surface area (Å²) >= 11 is 0. The molecule has 6 heteroatoms. The standard InChI is InChI=1S/C11H15N3O3/c12-10(14-17)2-1-7-13-11(16)8-3-5-9(15)6-4-8/h3-6,15,17H,1-2,7H2,(H2,12,14)(H,13,16). The second-order valence-corrected chi connectivity index (χ2v) is 3.50. The monoisotopic (exact) mass is 237 g/mol. The number of hydrogen-bond acceptors (Lipinski definition) is 4. The molecule has 0 aliphatic rings. The first kappa shape index (κ1) is 12.8. The highest BCUT2D eigenvalue weighted by Crippen LogP contribution is 2.09. The maximum Gasteiger partial charge on any atom is 0.251 e.